The van der Waals surface area contributed by atoms with E-state index in [1.54, 1.807) is 0 Å². The van der Waals surface area contributed by atoms with E-state index in [1.807, 2.05) is 0 Å². The van der Waals surface area contributed by atoms with Crippen molar-refractivity contribution in [2.45, 2.75) is 99.9 Å². The van der Waals surface area contributed by atoms with Gasteiger partial charge in [0.05, 0.1) is 6.61 Å². The predicted molar refractivity (Wildman–Crippen MR) is 83.1 cm³/mol. The van der Waals surface area contributed by atoms with Gasteiger partial charge >= 0.3 is 0 Å². The Bertz CT molecular complexity index is 484. The Morgan fingerprint density at radius 2 is 1.46 bits per heavy atom. The quantitative estimate of drug-likeness (QED) is 0.790. The average molecular weight is 340 g/mol. The number of fused-ring (bicyclic) bond motifs is 3. The highest BCUT2D eigenvalue weighted by atomic mass is 16.9. The average Bonchev–Trinajstić information content (AvgIpc) is 3.06. The second kappa shape index (κ2) is 5.63. The Balaban J connectivity index is 1.40. The predicted octanol–water partition coefficient (Wildman–Crippen LogP) is 2.23. The molecule has 0 radical (unpaired) electrons. The van der Waals surface area contributed by atoms with Crippen molar-refractivity contribution in [2.24, 2.45) is 0 Å². The molecule has 5 rings (SSSR count). The first-order valence-corrected chi connectivity index (χ1v) is 9.67. The summed E-state index contributed by atoms with van der Waals surface area (Å²) in [5.41, 5.74) is 0. The summed E-state index contributed by atoms with van der Waals surface area (Å²) in [7, 11) is 0. The third-order valence-corrected chi connectivity index (χ3v) is 6.46. The lowest BCUT2D eigenvalue weighted by Gasteiger charge is -2.45. The minimum atomic E-state index is -1.09. The maximum atomic E-state index is 10.1. The molecule has 5 fully saturated rings. The molecule has 2 aliphatic carbocycles. The smallest absolute Gasteiger partial charge is 0.224 e. The highest BCUT2D eigenvalue weighted by Gasteiger charge is 2.69. The Kier molecular flexibility index (Phi) is 3.75. The van der Waals surface area contributed by atoms with Crippen LogP contribution in [-0.4, -0.2) is 54.0 Å². The van der Waals surface area contributed by atoms with E-state index < -0.39 is 17.4 Å². The van der Waals surface area contributed by atoms with Gasteiger partial charge in [-0.15, -0.1) is 0 Å². The highest BCUT2D eigenvalue weighted by Crippen LogP contribution is 2.53. The van der Waals surface area contributed by atoms with Gasteiger partial charge in [0.2, 0.25) is 5.79 Å². The number of rotatable bonds is 1. The van der Waals surface area contributed by atoms with E-state index in [-0.39, 0.29) is 24.9 Å². The summed E-state index contributed by atoms with van der Waals surface area (Å²) in [6.45, 7) is 0.283. The molecule has 5 aliphatic rings. The van der Waals surface area contributed by atoms with Gasteiger partial charge in [-0.05, 0) is 25.7 Å². The number of ether oxygens (including phenoxy) is 5. The Hall–Kier alpha value is -0.240. The van der Waals surface area contributed by atoms with Crippen LogP contribution in [-0.2, 0) is 23.7 Å². The molecule has 3 saturated heterocycles. The number of aliphatic hydroxyl groups excluding tert-OH is 1. The lowest BCUT2D eigenvalue weighted by molar-refractivity contribution is -0.353. The van der Waals surface area contributed by atoms with Gasteiger partial charge in [-0.25, -0.2) is 0 Å². The summed E-state index contributed by atoms with van der Waals surface area (Å²) >= 11 is 0. The SMILES string of the molecule is OC[C@@]12O[C@H]3COC4(CCCCC4)O[C@H]3[C@@H]1OC1(CCCCC1)O2. The fraction of sp³-hybridized carbons (Fsp3) is 1.00. The van der Waals surface area contributed by atoms with Crippen LogP contribution in [0.5, 0.6) is 0 Å². The van der Waals surface area contributed by atoms with Crippen molar-refractivity contribution >= 4 is 0 Å². The van der Waals surface area contributed by atoms with Crippen LogP contribution in [0.4, 0.5) is 0 Å². The van der Waals surface area contributed by atoms with Gasteiger partial charge < -0.3 is 28.8 Å². The van der Waals surface area contributed by atoms with Crippen LogP contribution >= 0.6 is 0 Å². The van der Waals surface area contributed by atoms with Gasteiger partial charge in [0, 0.05) is 25.7 Å². The Morgan fingerprint density at radius 1 is 0.792 bits per heavy atom. The molecular formula is C18H28O6. The summed E-state index contributed by atoms with van der Waals surface area (Å²) in [4.78, 5) is 0. The van der Waals surface area contributed by atoms with E-state index in [9.17, 15) is 5.11 Å². The molecule has 6 heteroatoms. The van der Waals surface area contributed by atoms with Crippen LogP contribution in [0.1, 0.15) is 64.2 Å². The first-order valence-electron chi connectivity index (χ1n) is 9.67. The molecule has 0 bridgehead atoms. The van der Waals surface area contributed by atoms with Crippen LogP contribution in [0.25, 0.3) is 0 Å². The van der Waals surface area contributed by atoms with E-state index in [2.05, 4.69) is 0 Å². The standard InChI is InChI=1S/C18H28O6/c19-12-18-15(23-17(24-18)9-5-2-6-10-17)14-13(21-18)11-20-16(22-14)7-3-1-4-8-16/h13-15,19H,1-12H2/t13-,14+,15-,18-/m0/s1. The first-order chi connectivity index (χ1) is 11.7. The van der Waals surface area contributed by atoms with E-state index in [0.29, 0.717) is 6.61 Å². The topological polar surface area (TPSA) is 66.4 Å². The van der Waals surface area contributed by atoms with Crippen molar-refractivity contribution in [1.82, 2.24) is 0 Å². The fourth-order valence-corrected chi connectivity index (χ4v) is 5.25. The number of aliphatic hydroxyl groups is 1. The molecular weight excluding hydrogens is 312 g/mol. The normalized spacial score (nSPS) is 46.1. The van der Waals surface area contributed by atoms with E-state index in [4.69, 9.17) is 23.7 Å². The summed E-state index contributed by atoms with van der Waals surface area (Å²) in [6, 6.07) is 0. The van der Waals surface area contributed by atoms with E-state index in [0.717, 1.165) is 51.4 Å². The van der Waals surface area contributed by atoms with Crippen LogP contribution in [0.2, 0.25) is 0 Å². The molecule has 0 amide bonds. The van der Waals surface area contributed by atoms with Gasteiger partial charge in [-0.1, -0.05) is 12.8 Å². The summed E-state index contributed by atoms with van der Waals surface area (Å²) in [5, 5.41) is 10.1. The zero-order valence-electron chi connectivity index (χ0n) is 14.2. The molecule has 136 valence electrons. The molecule has 24 heavy (non-hydrogen) atoms. The molecule has 4 atom stereocenters. The second-order valence-corrected chi connectivity index (χ2v) is 8.10. The van der Waals surface area contributed by atoms with E-state index >= 15 is 0 Å². The molecule has 3 heterocycles. The summed E-state index contributed by atoms with van der Waals surface area (Å²) in [5.74, 6) is -2.17. The third kappa shape index (κ3) is 2.31. The molecule has 6 nitrogen and oxygen atoms in total. The highest BCUT2D eigenvalue weighted by molar-refractivity contribution is 5.07. The lowest BCUT2D eigenvalue weighted by atomic mass is 9.92. The van der Waals surface area contributed by atoms with Crippen molar-refractivity contribution < 1.29 is 28.8 Å². The minimum absolute atomic E-state index is 0.206. The molecule has 0 aromatic carbocycles. The molecule has 0 aromatic heterocycles. The molecule has 3 aliphatic heterocycles. The summed E-state index contributed by atoms with van der Waals surface area (Å²) in [6.07, 6.45) is 9.70. The molecule has 0 aromatic rings. The van der Waals surface area contributed by atoms with Crippen LogP contribution in [0.3, 0.4) is 0 Å². The third-order valence-electron chi connectivity index (χ3n) is 6.46. The van der Waals surface area contributed by atoms with Crippen LogP contribution < -0.4 is 0 Å². The van der Waals surface area contributed by atoms with Crippen molar-refractivity contribution in [3.8, 4) is 0 Å². The maximum Gasteiger partial charge on any atom is 0.224 e. The molecule has 1 N–H and O–H groups in total. The van der Waals surface area contributed by atoms with Crippen molar-refractivity contribution in [1.29, 1.82) is 0 Å². The van der Waals surface area contributed by atoms with Crippen molar-refractivity contribution in [3.05, 3.63) is 0 Å². The van der Waals surface area contributed by atoms with E-state index in [1.165, 1.54) is 12.8 Å². The molecule has 0 unspecified atom stereocenters. The maximum absolute atomic E-state index is 10.1. The fourth-order valence-electron chi connectivity index (χ4n) is 5.25. The van der Waals surface area contributed by atoms with Gasteiger partial charge in [0.25, 0.3) is 0 Å². The number of hydrogen-bond donors (Lipinski definition) is 1. The summed E-state index contributed by atoms with van der Waals surface area (Å²) < 4.78 is 31.4. The van der Waals surface area contributed by atoms with Gasteiger partial charge in [0.15, 0.2) is 11.6 Å². The second-order valence-electron chi connectivity index (χ2n) is 8.10. The van der Waals surface area contributed by atoms with Crippen molar-refractivity contribution in [3.63, 3.8) is 0 Å². The molecule has 2 spiro atoms. The van der Waals surface area contributed by atoms with Gasteiger partial charge in [-0.3, -0.25) is 0 Å². The Labute approximate surface area is 142 Å². The first kappa shape index (κ1) is 16.0. The largest absolute Gasteiger partial charge is 0.391 e. The zero-order valence-corrected chi connectivity index (χ0v) is 14.2. The Morgan fingerprint density at radius 3 is 2.12 bits per heavy atom. The monoisotopic (exact) mass is 340 g/mol. The number of hydrogen-bond acceptors (Lipinski definition) is 6. The van der Waals surface area contributed by atoms with Crippen LogP contribution in [0.15, 0.2) is 0 Å². The van der Waals surface area contributed by atoms with Crippen molar-refractivity contribution in [2.75, 3.05) is 13.2 Å². The minimum Gasteiger partial charge on any atom is -0.391 e. The van der Waals surface area contributed by atoms with Gasteiger partial charge in [0.1, 0.15) is 24.9 Å². The van der Waals surface area contributed by atoms with Gasteiger partial charge in [-0.2, -0.15) is 0 Å². The zero-order chi connectivity index (χ0) is 16.3. The molecule has 2 saturated carbocycles. The lowest BCUT2D eigenvalue weighted by Crippen LogP contribution is -2.54. The van der Waals surface area contributed by atoms with Crippen LogP contribution in [0, 0.1) is 0 Å².